The number of H-pyrrole nitrogens is 1. The number of anilines is 1. The van der Waals surface area contributed by atoms with Crippen molar-refractivity contribution in [2.45, 2.75) is 6.54 Å². The molecule has 2 heterocycles. The minimum Gasteiger partial charge on any atom is -0.323 e. The fourth-order valence-electron chi connectivity index (χ4n) is 2.14. The Morgan fingerprint density at radius 1 is 1.22 bits per heavy atom. The first-order valence-electron chi connectivity index (χ1n) is 6.68. The molecule has 116 valence electrons. The third-order valence-electron chi connectivity index (χ3n) is 3.20. The number of carbonyl (C=O) groups is 1. The molecule has 3 aromatic rings. The van der Waals surface area contributed by atoms with E-state index in [2.05, 4.69) is 15.3 Å². The third kappa shape index (κ3) is 3.14. The maximum absolute atomic E-state index is 12.3. The van der Waals surface area contributed by atoms with Crippen molar-refractivity contribution < 1.29 is 4.79 Å². The van der Waals surface area contributed by atoms with Gasteiger partial charge in [-0.05, 0) is 24.3 Å². The smallest absolute Gasteiger partial charge is 0.323 e. The maximum atomic E-state index is 12.3. The lowest BCUT2D eigenvalue weighted by molar-refractivity contribution is -0.116. The molecule has 0 aliphatic rings. The molecule has 0 aliphatic heterocycles. The van der Waals surface area contributed by atoms with Crippen LogP contribution >= 0.6 is 11.6 Å². The second-order valence-corrected chi connectivity index (χ2v) is 5.17. The number of aromatic nitrogens is 3. The molecule has 2 aromatic heterocycles. The lowest BCUT2D eigenvalue weighted by atomic mass is 10.2. The Hall–Kier alpha value is -2.93. The zero-order chi connectivity index (χ0) is 16.4. The highest BCUT2D eigenvalue weighted by Crippen LogP contribution is 2.09. The number of carbonyl (C=O) groups excluding carboxylic acids is 1. The molecule has 23 heavy (non-hydrogen) atoms. The van der Waals surface area contributed by atoms with Gasteiger partial charge in [0.25, 0.3) is 5.56 Å². The van der Waals surface area contributed by atoms with Crippen LogP contribution < -0.4 is 16.6 Å². The molecule has 0 aliphatic carbocycles. The quantitative estimate of drug-likeness (QED) is 0.709. The summed E-state index contributed by atoms with van der Waals surface area (Å²) in [5.41, 5.74) is -0.308. The number of nitrogens with one attached hydrogen (secondary N) is 2. The van der Waals surface area contributed by atoms with Crippen molar-refractivity contribution in [2.24, 2.45) is 0 Å². The summed E-state index contributed by atoms with van der Waals surface area (Å²) >= 11 is 5.66. The Bertz CT molecular complexity index is 992. The first kappa shape index (κ1) is 15.0. The lowest BCUT2D eigenvalue weighted by Gasteiger charge is -2.07. The standard InChI is InChI=1S/C15H11ClN4O3/c16-12-6-5-9(7-17-12)18-13(21)8-20-14(22)10-3-1-2-4-11(10)19-15(20)23/h1-7H,8H2,(H,18,21)(H,19,23). The van der Waals surface area contributed by atoms with Crippen molar-refractivity contribution in [3.63, 3.8) is 0 Å². The fourth-order valence-corrected chi connectivity index (χ4v) is 2.25. The highest BCUT2D eigenvalue weighted by Gasteiger charge is 2.11. The van der Waals surface area contributed by atoms with E-state index in [0.29, 0.717) is 21.7 Å². The molecule has 0 atom stereocenters. The van der Waals surface area contributed by atoms with E-state index in [9.17, 15) is 14.4 Å². The van der Waals surface area contributed by atoms with Crippen LogP contribution in [0.15, 0.2) is 52.2 Å². The molecular formula is C15H11ClN4O3. The van der Waals surface area contributed by atoms with Crippen LogP contribution in [0.5, 0.6) is 0 Å². The molecule has 0 unspecified atom stereocenters. The van der Waals surface area contributed by atoms with Crippen LogP contribution in [0.3, 0.4) is 0 Å². The Morgan fingerprint density at radius 3 is 2.74 bits per heavy atom. The Kier molecular flexibility index (Phi) is 3.94. The van der Waals surface area contributed by atoms with Gasteiger partial charge in [-0.1, -0.05) is 23.7 Å². The topological polar surface area (TPSA) is 96.9 Å². The van der Waals surface area contributed by atoms with Crippen molar-refractivity contribution in [3.05, 3.63) is 68.6 Å². The van der Waals surface area contributed by atoms with Crippen LogP contribution in [-0.2, 0) is 11.3 Å². The van der Waals surface area contributed by atoms with Crippen LogP contribution in [0.25, 0.3) is 10.9 Å². The highest BCUT2D eigenvalue weighted by molar-refractivity contribution is 6.29. The molecule has 2 N–H and O–H groups in total. The van der Waals surface area contributed by atoms with E-state index >= 15 is 0 Å². The van der Waals surface area contributed by atoms with Crippen molar-refractivity contribution in [1.82, 2.24) is 14.5 Å². The second-order valence-electron chi connectivity index (χ2n) is 4.78. The van der Waals surface area contributed by atoms with Gasteiger partial charge in [0.15, 0.2) is 0 Å². The van der Waals surface area contributed by atoms with Crippen molar-refractivity contribution >= 4 is 34.1 Å². The number of halogens is 1. The predicted octanol–water partition coefficient (Wildman–Crippen LogP) is 1.38. The Morgan fingerprint density at radius 2 is 2.00 bits per heavy atom. The van der Waals surface area contributed by atoms with Gasteiger partial charge in [0.1, 0.15) is 11.7 Å². The molecule has 1 aromatic carbocycles. The molecule has 8 heteroatoms. The van der Waals surface area contributed by atoms with Gasteiger partial charge in [-0.2, -0.15) is 0 Å². The molecule has 3 rings (SSSR count). The largest absolute Gasteiger partial charge is 0.329 e. The van der Waals surface area contributed by atoms with Gasteiger partial charge < -0.3 is 10.3 Å². The lowest BCUT2D eigenvalue weighted by Crippen LogP contribution is -2.38. The summed E-state index contributed by atoms with van der Waals surface area (Å²) in [6, 6.07) is 9.70. The highest BCUT2D eigenvalue weighted by atomic mass is 35.5. The predicted molar refractivity (Wildman–Crippen MR) is 86.7 cm³/mol. The fraction of sp³-hybridized carbons (Fsp3) is 0.0667. The van der Waals surface area contributed by atoms with E-state index < -0.39 is 23.7 Å². The first-order valence-corrected chi connectivity index (χ1v) is 7.05. The molecule has 0 radical (unpaired) electrons. The molecule has 0 bridgehead atoms. The SMILES string of the molecule is O=C(Cn1c(=O)[nH]c2ccccc2c1=O)Nc1ccc(Cl)nc1. The summed E-state index contributed by atoms with van der Waals surface area (Å²) in [5, 5.41) is 3.18. The summed E-state index contributed by atoms with van der Waals surface area (Å²) < 4.78 is 0.848. The number of amides is 1. The summed E-state index contributed by atoms with van der Waals surface area (Å²) in [6.45, 7) is -0.401. The van der Waals surface area contributed by atoms with Gasteiger partial charge in [-0.3, -0.25) is 14.2 Å². The van der Waals surface area contributed by atoms with Gasteiger partial charge in [-0.25, -0.2) is 9.78 Å². The van der Waals surface area contributed by atoms with E-state index in [1.54, 1.807) is 30.3 Å². The number of aromatic amines is 1. The van der Waals surface area contributed by atoms with Crippen LogP contribution in [0.2, 0.25) is 5.15 Å². The van der Waals surface area contributed by atoms with Gasteiger partial charge in [0, 0.05) is 0 Å². The average molecular weight is 331 g/mol. The molecule has 0 saturated heterocycles. The number of hydrogen-bond donors (Lipinski definition) is 2. The van der Waals surface area contributed by atoms with E-state index in [1.165, 1.54) is 12.3 Å². The summed E-state index contributed by atoms with van der Waals surface area (Å²) in [4.78, 5) is 42.7. The van der Waals surface area contributed by atoms with Gasteiger partial charge >= 0.3 is 5.69 Å². The van der Waals surface area contributed by atoms with Crippen LogP contribution in [-0.4, -0.2) is 20.4 Å². The monoisotopic (exact) mass is 330 g/mol. The van der Waals surface area contributed by atoms with Crippen LogP contribution in [0, 0.1) is 0 Å². The third-order valence-corrected chi connectivity index (χ3v) is 3.43. The van der Waals surface area contributed by atoms with Crippen LogP contribution in [0.4, 0.5) is 5.69 Å². The average Bonchev–Trinajstić information content (AvgIpc) is 2.54. The molecule has 0 spiro atoms. The molecule has 1 amide bonds. The Labute approximate surface area is 134 Å². The second kappa shape index (κ2) is 6.05. The molecular weight excluding hydrogens is 320 g/mol. The number of para-hydroxylation sites is 1. The summed E-state index contributed by atoms with van der Waals surface area (Å²) in [6.07, 6.45) is 1.38. The van der Waals surface area contributed by atoms with E-state index in [4.69, 9.17) is 11.6 Å². The zero-order valence-electron chi connectivity index (χ0n) is 11.7. The number of benzene rings is 1. The van der Waals surface area contributed by atoms with E-state index in [0.717, 1.165) is 4.57 Å². The first-order chi connectivity index (χ1) is 11.0. The zero-order valence-corrected chi connectivity index (χ0v) is 12.5. The molecule has 7 nitrogen and oxygen atoms in total. The van der Waals surface area contributed by atoms with E-state index in [-0.39, 0.29) is 0 Å². The number of nitrogens with zero attached hydrogens (tertiary/aromatic N) is 2. The van der Waals surface area contributed by atoms with E-state index in [1.807, 2.05) is 0 Å². The minimum atomic E-state index is -0.641. The maximum Gasteiger partial charge on any atom is 0.329 e. The minimum absolute atomic E-state index is 0.296. The van der Waals surface area contributed by atoms with Gasteiger partial charge in [0.05, 0.1) is 22.8 Å². The van der Waals surface area contributed by atoms with Crippen molar-refractivity contribution in [2.75, 3.05) is 5.32 Å². The summed E-state index contributed by atoms with van der Waals surface area (Å²) in [5.74, 6) is -0.517. The number of rotatable bonds is 3. The normalized spacial score (nSPS) is 10.7. The number of hydrogen-bond acceptors (Lipinski definition) is 4. The summed E-state index contributed by atoms with van der Waals surface area (Å²) in [7, 11) is 0. The van der Waals surface area contributed by atoms with Crippen molar-refractivity contribution in [3.8, 4) is 0 Å². The number of fused-ring (bicyclic) bond motifs is 1. The van der Waals surface area contributed by atoms with Gasteiger partial charge in [-0.15, -0.1) is 0 Å². The molecule has 0 saturated carbocycles. The van der Waals surface area contributed by atoms with Gasteiger partial charge in [0.2, 0.25) is 5.91 Å². The Balaban J connectivity index is 1.89. The molecule has 0 fully saturated rings. The van der Waals surface area contributed by atoms with Crippen LogP contribution in [0.1, 0.15) is 0 Å². The van der Waals surface area contributed by atoms with Crippen molar-refractivity contribution in [1.29, 1.82) is 0 Å². The number of pyridine rings is 1.